The van der Waals surface area contributed by atoms with Gasteiger partial charge in [-0.15, -0.1) is 0 Å². The van der Waals surface area contributed by atoms with Crippen molar-refractivity contribution in [3.63, 3.8) is 0 Å². The van der Waals surface area contributed by atoms with Crippen molar-refractivity contribution in [2.45, 2.75) is 6.54 Å². The predicted octanol–water partition coefficient (Wildman–Crippen LogP) is 1.85. The fraction of sp³-hybridized carbons (Fsp3) is 0.455. The minimum atomic E-state index is -0.282. The molecule has 0 N–H and O–H groups in total. The Balaban J connectivity index is 1.26. The Bertz CT molecular complexity index is 935. The van der Waals surface area contributed by atoms with Crippen molar-refractivity contribution in [2.24, 2.45) is 0 Å². The molecule has 2 fully saturated rings. The van der Waals surface area contributed by atoms with Crippen molar-refractivity contribution >= 4 is 23.2 Å². The lowest BCUT2D eigenvalue weighted by Crippen LogP contribution is -2.46. The third-order valence-electron chi connectivity index (χ3n) is 5.51. The van der Waals surface area contributed by atoms with Gasteiger partial charge >= 0.3 is 0 Å². The van der Waals surface area contributed by atoms with Crippen molar-refractivity contribution in [2.75, 3.05) is 64.0 Å². The van der Waals surface area contributed by atoms with Crippen LogP contribution in [0.25, 0.3) is 0 Å². The molecule has 3 heterocycles. The van der Waals surface area contributed by atoms with E-state index in [2.05, 4.69) is 9.80 Å². The number of rotatable bonds is 6. The number of carbonyl (C=O) groups excluding carboxylic acids is 1. The van der Waals surface area contributed by atoms with E-state index in [0.29, 0.717) is 38.6 Å². The molecule has 31 heavy (non-hydrogen) atoms. The van der Waals surface area contributed by atoms with E-state index in [4.69, 9.17) is 25.5 Å². The van der Waals surface area contributed by atoms with Gasteiger partial charge in [0.2, 0.25) is 11.2 Å². The number of anilines is 1. The molecule has 0 saturated carbocycles. The fourth-order valence-electron chi connectivity index (χ4n) is 3.71. The molecule has 1 aromatic carbocycles. The predicted molar refractivity (Wildman–Crippen MR) is 117 cm³/mol. The van der Waals surface area contributed by atoms with E-state index in [1.807, 2.05) is 24.3 Å². The van der Waals surface area contributed by atoms with Crippen LogP contribution < -0.4 is 15.1 Å². The maximum Gasteiger partial charge on any atom is 0.260 e. The molecule has 2 saturated heterocycles. The number of ether oxygens (including phenoxy) is 2. The number of morpholine rings is 1. The van der Waals surface area contributed by atoms with Gasteiger partial charge in [0, 0.05) is 56.0 Å². The Morgan fingerprint density at radius 1 is 1.03 bits per heavy atom. The number of amides is 1. The molecular weight excluding hydrogens is 422 g/mol. The zero-order valence-corrected chi connectivity index (χ0v) is 18.1. The lowest BCUT2D eigenvalue weighted by Gasteiger charge is -2.35. The Hall–Kier alpha value is -2.55. The van der Waals surface area contributed by atoms with Gasteiger partial charge in [0.25, 0.3) is 5.91 Å². The fourth-order valence-corrected chi connectivity index (χ4v) is 3.83. The largest absolute Gasteiger partial charge is 0.477 e. The number of nitrogens with zero attached hydrogens (tertiary/aromatic N) is 3. The van der Waals surface area contributed by atoms with E-state index < -0.39 is 0 Å². The molecule has 2 aliphatic heterocycles. The molecule has 0 atom stereocenters. The minimum absolute atomic E-state index is 0.0536. The molecule has 1 amide bonds. The van der Waals surface area contributed by atoms with E-state index in [-0.39, 0.29) is 23.7 Å². The summed E-state index contributed by atoms with van der Waals surface area (Å²) in [6.07, 6.45) is 1.30. The summed E-state index contributed by atoms with van der Waals surface area (Å²) in [6, 6.07) is 9.30. The highest BCUT2D eigenvalue weighted by Gasteiger charge is 2.20. The van der Waals surface area contributed by atoms with Crippen molar-refractivity contribution in [3.8, 4) is 5.75 Å². The topological polar surface area (TPSA) is 75.5 Å². The summed E-state index contributed by atoms with van der Waals surface area (Å²) < 4.78 is 16.2. The van der Waals surface area contributed by atoms with Crippen LogP contribution in [0.2, 0.25) is 5.02 Å². The number of carbonyl (C=O) groups is 1. The van der Waals surface area contributed by atoms with Gasteiger partial charge in [-0.2, -0.15) is 0 Å². The minimum Gasteiger partial charge on any atom is -0.477 e. The van der Waals surface area contributed by atoms with Gasteiger partial charge in [0.1, 0.15) is 12.0 Å². The van der Waals surface area contributed by atoms with Gasteiger partial charge in [-0.1, -0.05) is 11.6 Å². The highest BCUT2D eigenvalue weighted by Crippen LogP contribution is 2.20. The Morgan fingerprint density at radius 3 is 2.42 bits per heavy atom. The molecule has 2 aliphatic rings. The van der Waals surface area contributed by atoms with Crippen molar-refractivity contribution in [3.05, 3.63) is 57.6 Å². The molecule has 166 valence electrons. The molecule has 4 rings (SSSR count). The van der Waals surface area contributed by atoms with E-state index in [1.54, 1.807) is 4.90 Å². The maximum atomic E-state index is 12.4. The summed E-state index contributed by atoms with van der Waals surface area (Å²) in [5, 5.41) is 0.732. The zero-order chi connectivity index (χ0) is 21.6. The second-order valence-electron chi connectivity index (χ2n) is 7.60. The number of hydrogen-bond acceptors (Lipinski definition) is 7. The lowest BCUT2D eigenvalue weighted by molar-refractivity contribution is -0.137. The van der Waals surface area contributed by atoms with Gasteiger partial charge in [0.15, 0.2) is 6.61 Å². The van der Waals surface area contributed by atoms with Crippen LogP contribution in [-0.2, 0) is 16.1 Å². The summed E-state index contributed by atoms with van der Waals surface area (Å²) in [5.41, 5.74) is 0.875. The average molecular weight is 448 g/mol. The summed E-state index contributed by atoms with van der Waals surface area (Å²) in [6.45, 7) is 5.99. The molecule has 0 bridgehead atoms. The Labute approximate surface area is 185 Å². The molecule has 8 nitrogen and oxygen atoms in total. The Morgan fingerprint density at radius 2 is 1.74 bits per heavy atom. The highest BCUT2D eigenvalue weighted by molar-refractivity contribution is 6.30. The first-order valence-electron chi connectivity index (χ1n) is 10.4. The molecule has 0 radical (unpaired) electrons. The molecule has 0 unspecified atom stereocenters. The first kappa shape index (κ1) is 21.7. The first-order valence-corrected chi connectivity index (χ1v) is 10.8. The maximum absolute atomic E-state index is 12.4. The van der Waals surface area contributed by atoms with E-state index in [9.17, 15) is 9.59 Å². The summed E-state index contributed by atoms with van der Waals surface area (Å²) in [4.78, 5) is 30.7. The van der Waals surface area contributed by atoms with Crippen LogP contribution in [-0.4, -0.2) is 74.8 Å². The normalized spacial score (nSPS) is 17.6. The second-order valence-corrected chi connectivity index (χ2v) is 8.03. The number of halogens is 1. The van der Waals surface area contributed by atoms with E-state index >= 15 is 0 Å². The van der Waals surface area contributed by atoms with Crippen LogP contribution in [0.3, 0.4) is 0 Å². The van der Waals surface area contributed by atoms with Crippen LogP contribution in [0, 0.1) is 0 Å². The molecule has 0 aliphatic carbocycles. The van der Waals surface area contributed by atoms with E-state index in [0.717, 1.165) is 36.9 Å². The quantitative estimate of drug-likeness (QED) is 0.669. The molecule has 9 heteroatoms. The monoisotopic (exact) mass is 447 g/mol. The van der Waals surface area contributed by atoms with Crippen LogP contribution in [0.5, 0.6) is 5.75 Å². The smallest absolute Gasteiger partial charge is 0.260 e. The van der Waals surface area contributed by atoms with Crippen LogP contribution in [0.15, 0.2) is 45.8 Å². The van der Waals surface area contributed by atoms with Crippen molar-refractivity contribution in [1.82, 2.24) is 9.80 Å². The van der Waals surface area contributed by atoms with Gasteiger partial charge < -0.3 is 23.7 Å². The third-order valence-corrected chi connectivity index (χ3v) is 5.76. The average Bonchev–Trinajstić information content (AvgIpc) is 2.80. The van der Waals surface area contributed by atoms with Gasteiger partial charge in [-0.25, -0.2) is 0 Å². The number of piperazine rings is 1. The molecular formula is C22H26ClN3O5. The van der Waals surface area contributed by atoms with Gasteiger partial charge in [-0.3, -0.25) is 14.5 Å². The SMILES string of the molecule is O=C(COc1coc(CN2CCN(c3ccc(Cl)cc3)CC2)cc1=O)N1CCOCC1. The molecule has 0 spiro atoms. The summed E-state index contributed by atoms with van der Waals surface area (Å²) >= 11 is 5.96. The van der Waals surface area contributed by atoms with Crippen LogP contribution in [0.4, 0.5) is 5.69 Å². The lowest BCUT2D eigenvalue weighted by atomic mass is 10.2. The number of hydrogen-bond donors (Lipinski definition) is 0. The summed E-state index contributed by atoms with van der Waals surface area (Å²) in [7, 11) is 0. The third kappa shape index (κ3) is 5.78. The van der Waals surface area contributed by atoms with Crippen LogP contribution in [0.1, 0.15) is 5.76 Å². The molecule has 1 aromatic heterocycles. The summed E-state index contributed by atoms with van der Waals surface area (Å²) in [5.74, 6) is 0.472. The van der Waals surface area contributed by atoms with Crippen LogP contribution >= 0.6 is 11.6 Å². The zero-order valence-electron chi connectivity index (χ0n) is 17.3. The molecule has 2 aromatic rings. The van der Waals surface area contributed by atoms with Gasteiger partial charge in [-0.05, 0) is 24.3 Å². The number of benzene rings is 1. The Kier molecular flexibility index (Phi) is 7.11. The van der Waals surface area contributed by atoms with E-state index in [1.165, 1.54) is 12.3 Å². The first-order chi connectivity index (χ1) is 15.1. The highest BCUT2D eigenvalue weighted by atomic mass is 35.5. The second kappa shape index (κ2) is 10.2. The van der Waals surface area contributed by atoms with Crippen molar-refractivity contribution < 1.29 is 18.7 Å². The van der Waals surface area contributed by atoms with Gasteiger partial charge in [0.05, 0.1) is 19.8 Å². The van der Waals surface area contributed by atoms with Crippen molar-refractivity contribution in [1.29, 1.82) is 0 Å². The standard InChI is InChI=1S/C22H26ClN3O5/c23-17-1-3-18(4-2-17)25-7-5-24(6-8-25)14-19-13-20(27)21(15-30-19)31-16-22(28)26-9-11-29-12-10-26/h1-4,13,15H,5-12,14,16H2.